The van der Waals surface area contributed by atoms with E-state index in [0.29, 0.717) is 5.92 Å². The summed E-state index contributed by atoms with van der Waals surface area (Å²) in [5.74, 6) is 1.48. The molecule has 1 aromatic carbocycles. The summed E-state index contributed by atoms with van der Waals surface area (Å²) in [5.41, 5.74) is 2.10. The standard InChI is InChI=1S/C16H23BO2/c1-11-10-13(11)12-8-6-7-9-14(12)17-18-15(2,3)16(4,5)19-17/h6-9,11,13H,10H2,1-5H3. The van der Waals surface area contributed by atoms with Gasteiger partial charge in [0.05, 0.1) is 11.2 Å². The van der Waals surface area contributed by atoms with Crippen molar-refractivity contribution in [2.24, 2.45) is 5.92 Å². The molecule has 0 spiro atoms. The third kappa shape index (κ3) is 2.13. The van der Waals surface area contributed by atoms with Crippen molar-refractivity contribution in [1.29, 1.82) is 0 Å². The summed E-state index contributed by atoms with van der Waals surface area (Å²) in [4.78, 5) is 0. The lowest BCUT2D eigenvalue weighted by atomic mass is 9.74. The molecular weight excluding hydrogens is 235 g/mol. The van der Waals surface area contributed by atoms with Crippen LogP contribution < -0.4 is 5.46 Å². The Bertz CT molecular complexity index is 479. The highest BCUT2D eigenvalue weighted by Gasteiger charge is 2.53. The maximum absolute atomic E-state index is 6.18. The quantitative estimate of drug-likeness (QED) is 0.759. The average Bonchev–Trinajstić information content (AvgIpc) is 2.99. The minimum absolute atomic E-state index is 0.228. The van der Waals surface area contributed by atoms with E-state index in [1.165, 1.54) is 17.4 Å². The monoisotopic (exact) mass is 258 g/mol. The van der Waals surface area contributed by atoms with Crippen LogP contribution in [-0.4, -0.2) is 18.3 Å². The molecule has 0 aromatic heterocycles. The van der Waals surface area contributed by atoms with Crippen LogP contribution in [-0.2, 0) is 9.31 Å². The van der Waals surface area contributed by atoms with Crippen LogP contribution in [0.5, 0.6) is 0 Å². The van der Waals surface area contributed by atoms with Gasteiger partial charge in [0.1, 0.15) is 0 Å². The number of hydrogen-bond donors (Lipinski definition) is 0. The van der Waals surface area contributed by atoms with Crippen LogP contribution >= 0.6 is 0 Å². The fourth-order valence-electron chi connectivity index (χ4n) is 2.79. The van der Waals surface area contributed by atoms with Gasteiger partial charge in [-0.05, 0) is 57.0 Å². The molecule has 1 heterocycles. The lowest BCUT2D eigenvalue weighted by Gasteiger charge is -2.32. The van der Waals surface area contributed by atoms with Crippen LogP contribution in [0.1, 0.15) is 52.5 Å². The van der Waals surface area contributed by atoms with E-state index in [2.05, 4.69) is 58.9 Å². The molecule has 0 N–H and O–H groups in total. The first-order valence-electron chi connectivity index (χ1n) is 7.26. The minimum atomic E-state index is -0.264. The predicted molar refractivity (Wildman–Crippen MR) is 78.7 cm³/mol. The van der Waals surface area contributed by atoms with Gasteiger partial charge in [-0.25, -0.2) is 0 Å². The summed E-state index contributed by atoms with van der Waals surface area (Å²) >= 11 is 0. The van der Waals surface area contributed by atoms with Gasteiger partial charge in [-0.1, -0.05) is 31.2 Å². The Kier molecular flexibility index (Phi) is 2.85. The Balaban J connectivity index is 1.92. The zero-order chi connectivity index (χ0) is 13.8. The summed E-state index contributed by atoms with van der Waals surface area (Å²) in [6.07, 6.45) is 1.29. The van der Waals surface area contributed by atoms with Crippen LogP contribution in [0.15, 0.2) is 24.3 Å². The summed E-state index contributed by atoms with van der Waals surface area (Å²) in [5, 5.41) is 0. The zero-order valence-electron chi connectivity index (χ0n) is 12.6. The van der Waals surface area contributed by atoms with E-state index in [-0.39, 0.29) is 18.3 Å². The van der Waals surface area contributed by atoms with Gasteiger partial charge in [0.15, 0.2) is 0 Å². The predicted octanol–water partition coefficient (Wildman–Crippen LogP) is 3.11. The maximum atomic E-state index is 6.18. The molecule has 2 aliphatic rings. The van der Waals surface area contributed by atoms with E-state index >= 15 is 0 Å². The highest BCUT2D eigenvalue weighted by Crippen LogP contribution is 2.47. The van der Waals surface area contributed by atoms with Crippen molar-refractivity contribution < 1.29 is 9.31 Å². The van der Waals surface area contributed by atoms with E-state index < -0.39 is 0 Å². The first-order valence-corrected chi connectivity index (χ1v) is 7.26. The number of benzene rings is 1. The average molecular weight is 258 g/mol. The largest absolute Gasteiger partial charge is 0.495 e. The third-order valence-electron chi connectivity index (χ3n) is 5.01. The molecule has 1 aliphatic carbocycles. The van der Waals surface area contributed by atoms with Gasteiger partial charge in [-0.2, -0.15) is 0 Å². The van der Waals surface area contributed by atoms with Gasteiger partial charge < -0.3 is 9.31 Å². The normalized spacial score (nSPS) is 31.5. The fourth-order valence-corrected chi connectivity index (χ4v) is 2.79. The molecule has 2 nitrogen and oxygen atoms in total. The highest BCUT2D eigenvalue weighted by atomic mass is 16.7. The van der Waals surface area contributed by atoms with Crippen LogP contribution in [0.2, 0.25) is 0 Å². The lowest BCUT2D eigenvalue weighted by molar-refractivity contribution is 0.00578. The van der Waals surface area contributed by atoms with Crippen LogP contribution in [0.3, 0.4) is 0 Å². The summed E-state index contributed by atoms with van der Waals surface area (Å²) in [6.45, 7) is 10.7. The second-order valence-electron chi connectivity index (χ2n) is 7.04. The Morgan fingerprint density at radius 1 is 1.05 bits per heavy atom. The van der Waals surface area contributed by atoms with Crippen molar-refractivity contribution in [3.63, 3.8) is 0 Å². The van der Waals surface area contributed by atoms with Gasteiger partial charge in [0.2, 0.25) is 0 Å². The van der Waals surface area contributed by atoms with Crippen molar-refractivity contribution in [2.45, 2.75) is 58.2 Å². The smallest absolute Gasteiger partial charge is 0.399 e. The minimum Gasteiger partial charge on any atom is -0.399 e. The molecule has 3 heteroatoms. The third-order valence-corrected chi connectivity index (χ3v) is 5.01. The molecule has 2 atom stereocenters. The van der Waals surface area contributed by atoms with E-state index in [1.54, 1.807) is 0 Å². The molecule has 1 saturated carbocycles. The second-order valence-corrected chi connectivity index (χ2v) is 7.04. The molecule has 1 aromatic rings. The Morgan fingerprint density at radius 2 is 1.58 bits per heavy atom. The van der Waals surface area contributed by atoms with E-state index in [1.807, 2.05) is 0 Å². The summed E-state index contributed by atoms with van der Waals surface area (Å²) in [6, 6.07) is 8.59. The van der Waals surface area contributed by atoms with Crippen molar-refractivity contribution in [3.8, 4) is 0 Å². The Hall–Kier alpha value is -0.795. The fraction of sp³-hybridized carbons (Fsp3) is 0.625. The first kappa shape index (κ1) is 13.2. The van der Waals surface area contributed by atoms with E-state index in [0.717, 1.165) is 5.92 Å². The van der Waals surface area contributed by atoms with Crippen molar-refractivity contribution in [3.05, 3.63) is 29.8 Å². The first-order chi connectivity index (χ1) is 8.82. The maximum Gasteiger partial charge on any atom is 0.495 e. The van der Waals surface area contributed by atoms with Gasteiger partial charge in [0, 0.05) is 0 Å². The van der Waals surface area contributed by atoms with Crippen molar-refractivity contribution >= 4 is 12.6 Å². The topological polar surface area (TPSA) is 18.5 Å². The molecule has 2 unspecified atom stereocenters. The molecule has 102 valence electrons. The van der Waals surface area contributed by atoms with E-state index in [4.69, 9.17) is 9.31 Å². The molecule has 2 fully saturated rings. The molecule has 19 heavy (non-hydrogen) atoms. The summed E-state index contributed by atoms with van der Waals surface area (Å²) in [7, 11) is -0.228. The summed E-state index contributed by atoms with van der Waals surface area (Å²) < 4.78 is 12.4. The van der Waals surface area contributed by atoms with Crippen LogP contribution in [0, 0.1) is 5.92 Å². The van der Waals surface area contributed by atoms with Gasteiger partial charge in [0.25, 0.3) is 0 Å². The molecule has 0 radical (unpaired) electrons. The van der Waals surface area contributed by atoms with Gasteiger partial charge in [-0.15, -0.1) is 0 Å². The molecule has 1 saturated heterocycles. The number of rotatable bonds is 2. The molecule has 0 bridgehead atoms. The van der Waals surface area contributed by atoms with Gasteiger partial charge in [-0.3, -0.25) is 0 Å². The molecule has 1 aliphatic heterocycles. The van der Waals surface area contributed by atoms with Crippen molar-refractivity contribution in [2.75, 3.05) is 0 Å². The SMILES string of the molecule is CC1CC1c1ccccc1B1OC(C)(C)C(C)(C)O1. The van der Waals surface area contributed by atoms with E-state index in [9.17, 15) is 0 Å². The highest BCUT2D eigenvalue weighted by molar-refractivity contribution is 6.62. The van der Waals surface area contributed by atoms with Crippen LogP contribution in [0.25, 0.3) is 0 Å². The molecule has 0 amide bonds. The van der Waals surface area contributed by atoms with Gasteiger partial charge >= 0.3 is 7.12 Å². The Labute approximate surface area is 116 Å². The van der Waals surface area contributed by atoms with Crippen molar-refractivity contribution in [1.82, 2.24) is 0 Å². The molecule has 3 rings (SSSR count). The zero-order valence-corrected chi connectivity index (χ0v) is 12.6. The second kappa shape index (κ2) is 4.10. The molecular formula is C16H23BO2. The lowest BCUT2D eigenvalue weighted by Crippen LogP contribution is -2.41. The number of hydrogen-bond acceptors (Lipinski definition) is 2. The Morgan fingerprint density at radius 3 is 2.11 bits per heavy atom. The van der Waals surface area contributed by atoms with Crippen LogP contribution in [0.4, 0.5) is 0 Å².